The number of esters is 1. The average Bonchev–Trinajstić information content (AvgIpc) is 3.57. The van der Waals surface area contributed by atoms with Crippen LogP contribution in [0.25, 0.3) is 0 Å². The van der Waals surface area contributed by atoms with E-state index in [1.165, 1.54) is 18.2 Å². The number of ether oxygens (including phenoxy) is 3. The van der Waals surface area contributed by atoms with Crippen molar-refractivity contribution in [1.29, 1.82) is 0 Å². The summed E-state index contributed by atoms with van der Waals surface area (Å²) in [5, 5.41) is 22.4. The van der Waals surface area contributed by atoms with Gasteiger partial charge >= 0.3 is 5.97 Å². The molecule has 4 fully saturated rings. The van der Waals surface area contributed by atoms with Crippen molar-refractivity contribution in [2.75, 3.05) is 19.2 Å². The number of fused-ring (bicyclic) bond motifs is 6. The maximum absolute atomic E-state index is 12.8. The number of carbonyl (C=O) groups excluding carboxylic acids is 1. The first kappa shape index (κ1) is 31.2. The molecular weight excluding hydrogens is 568 g/mol. The zero-order valence-electron chi connectivity index (χ0n) is 26.2. The molecule has 43 heavy (non-hydrogen) atoms. The number of rotatable bonds is 8. The molecule has 4 aliphatic carbocycles. The number of benzene rings is 1. The summed E-state index contributed by atoms with van der Waals surface area (Å²) in [6, 6.07) is 4.36. The van der Waals surface area contributed by atoms with Crippen LogP contribution in [0, 0.1) is 52.3 Å². The molecule has 11 atom stereocenters. The minimum absolute atomic E-state index is 0.0161. The Labute approximate surface area is 256 Å². The normalized spacial score (nSPS) is 40.7. The van der Waals surface area contributed by atoms with E-state index in [0.717, 1.165) is 51.4 Å². The van der Waals surface area contributed by atoms with E-state index in [9.17, 15) is 23.4 Å². The van der Waals surface area contributed by atoms with Crippen LogP contribution in [0.3, 0.4) is 0 Å². The van der Waals surface area contributed by atoms with Gasteiger partial charge in [0.2, 0.25) is 6.79 Å². The molecule has 4 saturated carbocycles. The summed E-state index contributed by atoms with van der Waals surface area (Å²) in [4.78, 5) is 12.6. The SMILES string of the molecule is CC[C@H]1[C@@H](O)[C@@H]2[C@H](CC[C@]3(C)[C@@H]([C@H](C)CCOC(=O)CS(=O)(=O)c4ccc5c(c4)OCO5)CC[C@@H]23)[C@@]2(C)CC[C@@H](O)C[C@@H]12. The lowest BCUT2D eigenvalue weighted by Crippen LogP contribution is -2.62. The molecule has 6 rings (SSSR count). The van der Waals surface area contributed by atoms with Crippen LogP contribution < -0.4 is 9.47 Å². The number of hydrogen-bond donors (Lipinski definition) is 2. The maximum Gasteiger partial charge on any atom is 0.321 e. The number of hydrogen-bond acceptors (Lipinski definition) is 8. The molecule has 1 aliphatic heterocycles. The summed E-state index contributed by atoms with van der Waals surface area (Å²) >= 11 is 0. The molecule has 0 aromatic heterocycles. The van der Waals surface area contributed by atoms with Crippen molar-refractivity contribution in [3.63, 3.8) is 0 Å². The minimum Gasteiger partial charge on any atom is -0.465 e. The second-order valence-corrected chi connectivity index (χ2v) is 16.9. The quantitative estimate of drug-likeness (QED) is 0.373. The van der Waals surface area contributed by atoms with Gasteiger partial charge in [0.25, 0.3) is 0 Å². The number of sulfone groups is 1. The van der Waals surface area contributed by atoms with Gasteiger partial charge in [-0.05, 0) is 116 Å². The van der Waals surface area contributed by atoms with Crippen LogP contribution in [0.1, 0.15) is 85.5 Å². The Kier molecular flexibility index (Phi) is 8.34. The molecule has 0 amide bonds. The lowest BCUT2D eigenvalue weighted by molar-refractivity contribution is -0.203. The summed E-state index contributed by atoms with van der Waals surface area (Å²) in [7, 11) is -3.86. The fourth-order valence-electron chi connectivity index (χ4n) is 10.8. The predicted molar refractivity (Wildman–Crippen MR) is 161 cm³/mol. The Morgan fingerprint density at radius 1 is 1.02 bits per heavy atom. The monoisotopic (exact) mass is 618 g/mol. The van der Waals surface area contributed by atoms with E-state index in [2.05, 4.69) is 27.7 Å². The number of aliphatic hydroxyl groups is 2. The Morgan fingerprint density at radius 2 is 1.74 bits per heavy atom. The largest absolute Gasteiger partial charge is 0.465 e. The third-order valence-electron chi connectivity index (χ3n) is 13.0. The van der Waals surface area contributed by atoms with E-state index >= 15 is 0 Å². The molecule has 9 heteroatoms. The molecule has 0 saturated heterocycles. The summed E-state index contributed by atoms with van der Waals surface area (Å²) in [5.41, 5.74) is 0.313. The molecule has 8 nitrogen and oxygen atoms in total. The lowest BCUT2D eigenvalue weighted by atomic mass is 9.41. The van der Waals surface area contributed by atoms with Crippen molar-refractivity contribution in [2.24, 2.45) is 52.3 Å². The fourth-order valence-corrected chi connectivity index (χ4v) is 12.0. The summed E-state index contributed by atoms with van der Waals surface area (Å²) < 4.78 is 41.7. The molecule has 1 heterocycles. The first-order valence-corrected chi connectivity index (χ1v) is 18.2. The van der Waals surface area contributed by atoms with E-state index < -0.39 is 21.6 Å². The van der Waals surface area contributed by atoms with E-state index in [1.807, 2.05) is 0 Å². The molecule has 1 aromatic carbocycles. The standard InChI is InChI=1S/C34H50O8S/c1-5-23-27-16-21(35)10-13-34(27,4)26-11-14-33(3)24(7-8-25(33)31(26)32(23)37)20(2)12-15-40-30(36)18-43(38,39)22-6-9-28-29(17-22)42-19-41-28/h6,9,17,20-21,23-27,31-32,35,37H,5,7-8,10-16,18-19H2,1-4H3/t20-,21-,23-,24-,25+,26+,27+,31+,32-,33-,34-/m1/s1. The smallest absolute Gasteiger partial charge is 0.321 e. The third kappa shape index (κ3) is 5.29. The van der Waals surface area contributed by atoms with Crippen molar-refractivity contribution in [1.82, 2.24) is 0 Å². The topological polar surface area (TPSA) is 119 Å². The van der Waals surface area contributed by atoms with Gasteiger partial charge in [-0.2, -0.15) is 0 Å². The number of aliphatic hydroxyl groups excluding tert-OH is 2. The van der Waals surface area contributed by atoms with Crippen molar-refractivity contribution in [3.05, 3.63) is 18.2 Å². The van der Waals surface area contributed by atoms with Gasteiger partial charge in [-0.3, -0.25) is 4.79 Å². The third-order valence-corrected chi connectivity index (χ3v) is 14.6. The van der Waals surface area contributed by atoms with Crippen LogP contribution in [0.15, 0.2) is 23.1 Å². The lowest BCUT2D eigenvalue weighted by Gasteiger charge is -2.64. The first-order valence-electron chi connectivity index (χ1n) is 16.5. The zero-order valence-corrected chi connectivity index (χ0v) is 27.0. The van der Waals surface area contributed by atoms with E-state index in [-0.39, 0.29) is 47.3 Å². The van der Waals surface area contributed by atoms with E-state index in [1.54, 1.807) is 0 Å². The summed E-state index contributed by atoms with van der Waals surface area (Å²) in [5.74, 6) is 2.11. The molecule has 0 spiro atoms. The second-order valence-electron chi connectivity index (χ2n) is 14.9. The van der Waals surface area contributed by atoms with Crippen LogP contribution >= 0.6 is 0 Å². The highest BCUT2D eigenvalue weighted by molar-refractivity contribution is 7.92. The molecule has 240 valence electrons. The molecule has 5 aliphatic rings. The van der Waals surface area contributed by atoms with Crippen molar-refractivity contribution in [3.8, 4) is 11.5 Å². The van der Waals surface area contributed by atoms with Crippen molar-refractivity contribution < 1.29 is 37.6 Å². The first-order chi connectivity index (χ1) is 20.4. The van der Waals surface area contributed by atoms with Crippen LogP contribution in [-0.2, 0) is 19.4 Å². The second kappa shape index (κ2) is 11.5. The minimum atomic E-state index is -3.86. The summed E-state index contributed by atoms with van der Waals surface area (Å²) in [6.45, 7) is 9.61. The van der Waals surface area contributed by atoms with Gasteiger partial charge in [-0.25, -0.2) is 8.42 Å². The average molecular weight is 619 g/mol. The van der Waals surface area contributed by atoms with Gasteiger partial charge in [-0.15, -0.1) is 0 Å². The van der Waals surface area contributed by atoms with Crippen LogP contribution in [0.5, 0.6) is 11.5 Å². The highest BCUT2D eigenvalue weighted by Gasteiger charge is 2.64. The van der Waals surface area contributed by atoms with Gasteiger partial charge in [0, 0.05) is 6.07 Å². The maximum atomic E-state index is 12.8. The molecule has 0 radical (unpaired) electrons. The summed E-state index contributed by atoms with van der Waals surface area (Å²) in [6.07, 6.45) is 8.36. The van der Waals surface area contributed by atoms with Crippen LogP contribution in [0.2, 0.25) is 0 Å². The van der Waals surface area contributed by atoms with E-state index in [4.69, 9.17) is 14.2 Å². The Hall–Kier alpha value is -1.84. The van der Waals surface area contributed by atoms with Gasteiger partial charge in [0.05, 0.1) is 23.7 Å². The highest BCUT2D eigenvalue weighted by Crippen LogP contribution is 2.69. The van der Waals surface area contributed by atoms with Gasteiger partial charge < -0.3 is 24.4 Å². The Balaban J connectivity index is 1.07. The fraction of sp³-hybridized carbons (Fsp3) is 0.794. The number of carbonyl (C=O) groups is 1. The molecule has 0 bridgehead atoms. The molecule has 1 aromatic rings. The predicted octanol–water partition coefficient (Wildman–Crippen LogP) is 5.39. The van der Waals surface area contributed by atoms with Gasteiger partial charge in [-0.1, -0.05) is 34.1 Å². The Bertz CT molecular complexity index is 1310. The molecule has 0 unspecified atom stereocenters. The van der Waals surface area contributed by atoms with Crippen molar-refractivity contribution >= 4 is 15.8 Å². The van der Waals surface area contributed by atoms with Crippen molar-refractivity contribution in [2.45, 2.75) is 103 Å². The van der Waals surface area contributed by atoms with Gasteiger partial charge in [0.15, 0.2) is 27.1 Å². The van der Waals surface area contributed by atoms with Gasteiger partial charge in [0.1, 0.15) is 0 Å². The highest BCUT2D eigenvalue weighted by atomic mass is 32.2. The molecular formula is C34H50O8S. The zero-order chi connectivity index (χ0) is 30.7. The Morgan fingerprint density at radius 3 is 2.51 bits per heavy atom. The van der Waals surface area contributed by atoms with Crippen LogP contribution in [0.4, 0.5) is 0 Å². The van der Waals surface area contributed by atoms with E-state index in [0.29, 0.717) is 53.4 Å². The van der Waals surface area contributed by atoms with Crippen LogP contribution in [-0.4, -0.2) is 56.0 Å². The molecule has 2 N–H and O–H groups in total.